The van der Waals surface area contributed by atoms with Gasteiger partial charge in [-0.25, -0.2) is 9.97 Å². The van der Waals surface area contributed by atoms with Gasteiger partial charge in [0.25, 0.3) is 0 Å². The van der Waals surface area contributed by atoms with E-state index in [1.54, 1.807) is 24.8 Å². The zero-order valence-corrected chi connectivity index (χ0v) is 15.8. The Morgan fingerprint density at radius 1 is 1.14 bits per heavy atom. The molecule has 0 spiro atoms. The summed E-state index contributed by atoms with van der Waals surface area (Å²) in [7, 11) is 0. The SMILES string of the molecule is C=N/C=C\C=C(/C)Cc1nc(N)c(-c2cccnc2)c(Cc2cccnc2)n1. The minimum Gasteiger partial charge on any atom is -0.383 e. The fourth-order valence-electron chi connectivity index (χ4n) is 2.88. The van der Waals surface area contributed by atoms with Crippen molar-refractivity contribution in [1.29, 1.82) is 0 Å². The largest absolute Gasteiger partial charge is 0.383 e. The summed E-state index contributed by atoms with van der Waals surface area (Å²) in [5.74, 6) is 1.13. The number of aliphatic imine (C=N–C) groups is 1. The van der Waals surface area contributed by atoms with Crippen LogP contribution in [0.5, 0.6) is 0 Å². The zero-order valence-electron chi connectivity index (χ0n) is 15.8. The molecular weight excluding hydrogens is 348 g/mol. The molecule has 0 amide bonds. The lowest BCUT2D eigenvalue weighted by atomic mass is 10.0. The second-order valence-corrected chi connectivity index (χ2v) is 6.34. The van der Waals surface area contributed by atoms with Gasteiger partial charge in [0.15, 0.2) is 0 Å². The van der Waals surface area contributed by atoms with E-state index >= 15 is 0 Å². The number of aromatic nitrogens is 4. The van der Waals surface area contributed by atoms with Crippen molar-refractivity contribution in [2.45, 2.75) is 19.8 Å². The molecule has 0 saturated heterocycles. The molecule has 3 aromatic rings. The van der Waals surface area contributed by atoms with Crippen LogP contribution >= 0.6 is 0 Å². The third kappa shape index (κ3) is 4.94. The van der Waals surface area contributed by atoms with Crippen molar-refractivity contribution in [1.82, 2.24) is 19.9 Å². The summed E-state index contributed by atoms with van der Waals surface area (Å²) in [5, 5.41) is 0. The van der Waals surface area contributed by atoms with Crippen LogP contribution in [-0.2, 0) is 12.8 Å². The monoisotopic (exact) mass is 370 g/mol. The van der Waals surface area contributed by atoms with Crippen LogP contribution in [0, 0.1) is 0 Å². The Hall–Kier alpha value is -3.67. The number of hydrogen-bond donors (Lipinski definition) is 1. The predicted octanol–water partition coefficient (Wildman–Crippen LogP) is 3.81. The first-order chi connectivity index (χ1) is 13.7. The molecule has 3 aromatic heterocycles. The van der Waals surface area contributed by atoms with Crippen LogP contribution in [-0.4, -0.2) is 26.7 Å². The van der Waals surface area contributed by atoms with Gasteiger partial charge in [0.05, 0.1) is 5.69 Å². The van der Waals surface area contributed by atoms with Gasteiger partial charge < -0.3 is 5.73 Å². The molecule has 3 heterocycles. The zero-order chi connectivity index (χ0) is 19.8. The van der Waals surface area contributed by atoms with Crippen molar-refractivity contribution >= 4 is 12.5 Å². The van der Waals surface area contributed by atoms with Crippen LogP contribution < -0.4 is 5.73 Å². The maximum Gasteiger partial charge on any atom is 0.135 e. The number of nitrogens with zero attached hydrogens (tertiary/aromatic N) is 5. The molecule has 0 aliphatic rings. The van der Waals surface area contributed by atoms with Crippen LogP contribution in [0.1, 0.15) is 24.0 Å². The van der Waals surface area contributed by atoms with Gasteiger partial charge in [0, 0.05) is 55.0 Å². The van der Waals surface area contributed by atoms with Gasteiger partial charge in [0.2, 0.25) is 0 Å². The molecular formula is C22H22N6. The molecule has 0 aliphatic carbocycles. The normalized spacial score (nSPS) is 11.7. The van der Waals surface area contributed by atoms with Gasteiger partial charge in [-0.15, -0.1) is 0 Å². The van der Waals surface area contributed by atoms with E-state index in [1.165, 1.54) is 0 Å². The van der Waals surface area contributed by atoms with Crippen LogP contribution in [0.2, 0.25) is 0 Å². The van der Waals surface area contributed by atoms with E-state index in [9.17, 15) is 0 Å². The van der Waals surface area contributed by atoms with Crippen molar-refractivity contribution in [3.8, 4) is 11.1 Å². The number of pyridine rings is 2. The molecule has 0 aliphatic heterocycles. The van der Waals surface area contributed by atoms with E-state index in [2.05, 4.69) is 26.7 Å². The number of anilines is 1. The molecule has 0 aromatic carbocycles. The molecule has 2 N–H and O–H groups in total. The molecule has 0 unspecified atom stereocenters. The van der Waals surface area contributed by atoms with Crippen molar-refractivity contribution in [3.63, 3.8) is 0 Å². The third-order valence-corrected chi connectivity index (χ3v) is 4.11. The van der Waals surface area contributed by atoms with Crippen LogP contribution in [0.15, 0.2) is 78.0 Å². The summed E-state index contributed by atoms with van der Waals surface area (Å²) in [6, 6.07) is 7.78. The molecule has 0 saturated carbocycles. The van der Waals surface area contributed by atoms with Gasteiger partial charge in [-0.05, 0) is 37.4 Å². The molecule has 0 bridgehead atoms. The maximum atomic E-state index is 6.35. The molecule has 6 heteroatoms. The summed E-state index contributed by atoms with van der Waals surface area (Å²) in [6.45, 7) is 5.44. The lowest BCUT2D eigenvalue weighted by Gasteiger charge is -2.13. The summed E-state index contributed by atoms with van der Waals surface area (Å²) in [4.78, 5) is 21.5. The van der Waals surface area contributed by atoms with E-state index in [1.807, 2.05) is 49.5 Å². The number of nitrogen functional groups attached to an aromatic ring is 1. The van der Waals surface area contributed by atoms with E-state index in [0.29, 0.717) is 24.5 Å². The Morgan fingerprint density at radius 3 is 2.61 bits per heavy atom. The quantitative estimate of drug-likeness (QED) is 0.504. The highest BCUT2D eigenvalue weighted by Gasteiger charge is 2.15. The number of nitrogens with two attached hydrogens (primary N) is 1. The summed E-state index contributed by atoms with van der Waals surface area (Å²) in [6.07, 6.45) is 13.7. The molecule has 28 heavy (non-hydrogen) atoms. The molecule has 140 valence electrons. The first-order valence-corrected chi connectivity index (χ1v) is 8.90. The van der Waals surface area contributed by atoms with E-state index < -0.39 is 0 Å². The minimum absolute atomic E-state index is 0.452. The van der Waals surface area contributed by atoms with Gasteiger partial charge in [-0.3, -0.25) is 15.0 Å². The Balaban J connectivity index is 2.01. The summed E-state index contributed by atoms with van der Waals surface area (Å²) < 4.78 is 0. The Morgan fingerprint density at radius 2 is 1.93 bits per heavy atom. The molecule has 0 radical (unpaired) electrons. The van der Waals surface area contributed by atoms with E-state index in [-0.39, 0.29) is 0 Å². The van der Waals surface area contributed by atoms with E-state index in [4.69, 9.17) is 10.7 Å². The van der Waals surface area contributed by atoms with Gasteiger partial charge in [0.1, 0.15) is 11.6 Å². The van der Waals surface area contributed by atoms with Crippen LogP contribution in [0.4, 0.5) is 5.82 Å². The second kappa shape index (κ2) is 9.32. The predicted molar refractivity (Wildman–Crippen MR) is 113 cm³/mol. The highest BCUT2D eigenvalue weighted by atomic mass is 15.0. The number of hydrogen-bond acceptors (Lipinski definition) is 6. The molecule has 0 fully saturated rings. The molecule has 3 rings (SSSR count). The average molecular weight is 370 g/mol. The summed E-state index contributed by atoms with van der Waals surface area (Å²) >= 11 is 0. The van der Waals surface area contributed by atoms with Gasteiger partial charge in [-0.1, -0.05) is 23.8 Å². The fraction of sp³-hybridized carbons (Fsp3) is 0.136. The standard InChI is InChI=1S/C22H22N6/c1-16(6-3-9-24-2)12-20-27-19(13-17-7-4-10-25-14-17)21(22(23)28-20)18-8-5-11-26-15-18/h3-11,14-15H,2,12-13H2,1H3,(H2,23,27,28)/b9-3-,16-6+. The average Bonchev–Trinajstić information content (AvgIpc) is 2.69. The van der Waals surface area contributed by atoms with Crippen molar-refractivity contribution in [3.05, 3.63) is 90.1 Å². The molecule has 0 atom stereocenters. The van der Waals surface area contributed by atoms with Crippen LogP contribution in [0.3, 0.4) is 0 Å². The maximum absolute atomic E-state index is 6.35. The first-order valence-electron chi connectivity index (χ1n) is 8.90. The Bertz CT molecular complexity index is 994. The number of allylic oxidation sites excluding steroid dienone is 3. The van der Waals surface area contributed by atoms with Crippen molar-refractivity contribution in [2.24, 2.45) is 4.99 Å². The minimum atomic E-state index is 0.452. The lowest BCUT2D eigenvalue weighted by molar-refractivity contribution is 0.913. The Labute approximate surface area is 164 Å². The van der Waals surface area contributed by atoms with Gasteiger partial charge >= 0.3 is 0 Å². The fourth-order valence-corrected chi connectivity index (χ4v) is 2.88. The van der Waals surface area contributed by atoms with Crippen molar-refractivity contribution < 1.29 is 0 Å². The van der Waals surface area contributed by atoms with Crippen molar-refractivity contribution in [2.75, 3.05) is 5.73 Å². The highest BCUT2D eigenvalue weighted by molar-refractivity contribution is 5.75. The second-order valence-electron chi connectivity index (χ2n) is 6.34. The lowest BCUT2D eigenvalue weighted by Crippen LogP contribution is -2.08. The number of rotatable bonds is 7. The van der Waals surface area contributed by atoms with E-state index in [0.717, 1.165) is 28.0 Å². The van der Waals surface area contributed by atoms with Crippen LogP contribution in [0.25, 0.3) is 11.1 Å². The Kier molecular flexibility index (Phi) is 6.36. The molecule has 6 nitrogen and oxygen atoms in total. The highest BCUT2D eigenvalue weighted by Crippen LogP contribution is 2.29. The topological polar surface area (TPSA) is 89.9 Å². The van der Waals surface area contributed by atoms with Gasteiger partial charge in [-0.2, -0.15) is 0 Å². The smallest absolute Gasteiger partial charge is 0.135 e. The summed E-state index contributed by atoms with van der Waals surface area (Å²) in [5.41, 5.74) is 11.1. The third-order valence-electron chi connectivity index (χ3n) is 4.11. The first kappa shape index (κ1) is 19.1.